The molecule has 0 aliphatic carbocycles. The summed E-state index contributed by atoms with van der Waals surface area (Å²) in [5.74, 6) is -0.421. The molecule has 1 aromatic carbocycles. The quantitative estimate of drug-likeness (QED) is 0.925. The number of hydrogen-bond acceptors (Lipinski definition) is 3. The van der Waals surface area contributed by atoms with Gasteiger partial charge in [-0.25, -0.2) is 4.79 Å². The summed E-state index contributed by atoms with van der Waals surface area (Å²) < 4.78 is 0.727. The van der Waals surface area contributed by atoms with Crippen LogP contribution < -0.4 is 0 Å². The topological polar surface area (TPSA) is 54.4 Å². The number of carboxylic acid groups (broad SMARTS) is 1. The maximum atomic E-state index is 11.0. The van der Waals surface area contributed by atoms with Crippen LogP contribution in [0, 0.1) is 0 Å². The van der Waals surface area contributed by atoms with Gasteiger partial charge < -0.3 is 5.11 Å². The van der Waals surface area contributed by atoms with Crippen molar-refractivity contribution in [3.63, 3.8) is 0 Å². The van der Waals surface area contributed by atoms with Crippen molar-refractivity contribution in [1.82, 2.24) is 0 Å². The molecule has 0 saturated carbocycles. The molecular weight excluding hydrogens is 304 g/mol. The summed E-state index contributed by atoms with van der Waals surface area (Å²) in [6.07, 6.45) is 3.49. The van der Waals surface area contributed by atoms with Gasteiger partial charge in [0.15, 0.2) is 5.12 Å². The van der Waals surface area contributed by atoms with Crippen molar-refractivity contribution in [3.8, 4) is 0 Å². The lowest BCUT2D eigenvalue weighted by molar-refractivity contribution is -0.109. The van der Waals surface area contributed by atoms with Crippen LogP contribution in [-0.4, -0.2) is 21.9 Å². The molecule has 0 heterocycles. The molecule has 0 atom stereocenters. The minimum Gasteiger partial charge on any atom is -0.478 e. The van der Waals surface area contributed by atoms with Crippen molar-refractivity contribution >= 4 is 44.9 Å². The number of carboxylic acids is 1. The monoisotopic (exact) mass is 314 g/mol. The van der Waals surface area contributed by atoms with Crippen LogP contribution >= 0.6 is 27.7 Å². The summed E-state index contributed by atoms with van der Waals surface area (Å²) in [7, 11) is 0. The van der Waals surface area contributed by atoms with Gasteiger partial charge in [-0.2, -0.15) is 0 Å². The molecule has 0 aromatic heterocycles. The largest absolute Gasteiger partial charge is 0.478 e. The highest BCUT2D eigenvalue weighted by molar-refractivity contribution is 9.10. The van der Waals surface area contributed by atoms with E-state index in [0.29, 0.717) is 11.3 Å². The van der Waals surface area contributed by atoms with Gasteiger partial charge in [-0.1, -0.05) is 45.9 Å². The van der Waals surface area contributed by atoms with Crippen LogP contribution in [0.15, 0.2) is 28.7 Å². The van der Waals surface area contributed by atoms with E-state index >= 15 is 0 Å². The van der Waals surface area contributed by atoms with Crippen LogP contribution in [0.1, 0.15) is 22.8 Å². The predicted molar refractivity (Wildman–Crippen MR) is 73.3 cm³/mol. The fourth-order valence-corrected chi connectivity index (χ4v) is 1.99. The maximum Gasteiger partial charge on any atom is 0.336 e. The van der Waals surface area contributed by atoms with E-state index in [1.807, 2.05) is 0 Å². The molecule has 90 valence electrons. The second-order valence-corrected chi connectivity index (χ2v) is 5.35. The van der Waals surface area contributed by atoms with E-state index in [9.17, 15) is 9.59 Å². The first kappa shape index (κ1) is 14.0. The Hall–Kier alpha value is -1.07. The van der Waals surface area contributed by atoms with Crippen LogP contribution in [0.2, 0.25) is 0 Å². The average Bonchev–Trinajstić information content (AvgIpc) is 2.25. The van der Waals surface area contributed by atoms with Gasteiger partial charge in [-0.3, -0.25) is 4.79 Å². The van der Waals surface area contributed by atoms with E-state index in [0.717, 1.165) is 4.47 Å². The minimum atomic E-state index is -0.967. The highest BCUT2D eigenvalue weighted by atomic mass is 79.9. The van der Waals surface area contributed by atoms with Crippen molar-refractivity contribution in [1.29, 1.82) is 0 Å². The molecule has 0 amide bonds. The molecule has 0 saturated heterocycles. The molecule has 0 bridgehead atoms. The fourth-order valence-electron chi connectivity index (χ4n) is 1.20. The number of carbonyl (C=O) groups excluding carboxylic acids is 1. The maximum absolute atomic E-state index is 11.0. The lowest BCUT2D eigenvalue weighted by Crippen LogP contribution is -1.99. The van der Waals surface area contributed by atoms with Crippen LogP contribution in [0.4, 0.5) is 0 Å². The number of rotatable bonds is 4. The van der Waals surface area contributed by atoms with E-state index in [4.69, 9.17) is 5.11 Å². The van der Waals surface area contributed by atoms with E-state index in [2.05, 4.69) is 15.9 Å². The van der Waals surface area contributed by atoms with Crippen LogP contribution in [0.25, 0.3) is 6.08 Å². The zero-order valence-electron chi connectivity index (χ0n) is 9.14. The third-order valence-electron chi connectivity index (χ3n) is 1.93. The lowest BCUT2D eigenvalue weighted by Gasteiger charge is -2.01. The van der Waals surface area contributed by atoms with E-state index in [1.165, 1.54) is 18.7 Å². The Kier molecular flexibility index (Phi) is 5.44. The molecule has 0 unspecified atom stereocenters. The van der Waals surface area contributed by atoms with Gasteiger partial charge in [-0.05, 0) is 17.7 Å². The van der Waals surface area contributed by atoms with E-state index in [-0.39, 0.29) is 10.7 Å². The molecule has 0 fully saturated rings. The molecule has 3 nitrogen and oxygen atoms in total. The van der Waals surface area contributed by atoms with Gasteiger partial charge in [0.05, 0.1) is 5.56 Å². The molecule has 1 aromatic rings. The highest BCUT2D eigenvalue weighted by Crippen LogP contribution is 2.18. The first-order valence-corrected chi connectivity index (χ1v) is 6.61. The van der Waals surface area contributed by atoms with E-state index in [1.54, 1.807) is 30.4 Å². The molecule has 17 heavy (non-hydrogen) atoms. The number of halogens is 1. The second kappa shape index (κ2) is 6.61. The molecule has 1 rings (SSSR count). The molecule has 0 spiro atoms. The van der Waals surface area contributed by atoms with Crippen molar-refractivity contribution in [2.24, 2.45) is 0 Å². The van der Waals surface area contributed by atoms with Gasteiger partial charge >= 0.3 is 5.97 Å². The summed E-state index contributed by atoms with van der Waals surface area (Å²) in [4.78, 5) is 21.7. The summed E-state index contributed by atoms with van der Waals surface area (Å²) in [5.41, 5.74) is 0.869. The zero-order chi connectivity index (χ0) is 12.8. The Labute approximate surface area is 112 Å². The van der Waals surface area contributed by atoms with Crippen molar-refractivity contribution in [3.05, 3.63) is 39.9 Å². The van der Waals surface area contributed by atoms with Gasteiger partial charge in [0.1, 0.15) is 0 Å². The average molecular weight is 315 g/mol. The predicted octanol–water partition coefficient (Wildman–Crippen LogP) is 3.44. The normalized spacial score (nSPS) is 10.7. The van der Waals surface area contributed by atoms with Crippen molar-refractivity contribution in [2.75, 3.05) is 5.75 Å². The number of aromatic carboxylic acids is 1. The smallest absolute Gasteiger partial charge is 0.336 e. The Morgan fingerprint density at radius 2 is 2.18 bits per heavy atom. The first-order chi connectivity index (χ1) is 8.00. The first-order valence-electron chi connectivity index (χ1n) is 4.83. The van der Waals surface area contributed by atoms with Crippen LogP contribution in [0.5, 0.6) is 0 Å². The molecule has 0 aliphatic rings. The number of thioether (sulfide) groups is 1. The summed E-state index contributed by atoms with van der Waals surface area (Å²) >= 11 is 4.41. The van der Waals surface area contributed by atoms with Crippen LogP contribution in [0.3, 0.4) is 0 Å². The Morgan fingerprint density at radius 1 is 1.47 bits per heavy atom. The van der Waals surface area contributed by atoms with Crippen molar-refractivity contribution in [2.45, 2.75) is 6.92 Å². The van der Waals surface area contributed by atoms with Gasteiger partial charge in [0.25, 0.3) is 0 Å². The zero-order valence-corrected chi connectivity index (χ0v) is 11.5. The standard InChI is InChI=1S/C12H11BrO3S/c1-8(14)17-6-2-3-9-4-5-10(13)7-11(9)12(15)16/h2-5,7H,6H2,1H3,(H,15,16). The Morgan fingerprint density at radius 3 is 2.76 bits per heavy atom. The molecule has 5 heteroatoms. The second-order valence-electron chi connectivity index (χ2n) is 3.24. The minimum absolute atomic E-state index is 0.0453. The number of carbonyl (C=O) groups is 2. The summed E-state index contributed by atoms with van der Waals surface area (Å²) in [5, 5.41) is 9.07. The SMILES string of the molecule is CC(=O)SCC=Cc1ccc(Br)cc1C(=O)O. The molecule has 0 aliphatic heterocycles. The summed E-state index contributed by atoms with van der Waals surface area (Å²) in [6, 6.07) is 5.06. The third-order valence-corrected chi connectivity index (χ3v) is 3.18. The fraction of sp³-hybridized carbons (Fsp3) is 0.167. The molecule has 0 radical (unpaired) electrons. The van der Waals surface area contributed by atoms with Gasteiger partial charge in [0.2, 0.25) is 0 Å². The van der Waals surface area contributed by atoms with Crippen LogP contribution in [-0.2, 0) is 4.79 Å². The summed E-state index contributed by atoms with van der Waals surface area (Å²) in [6.45, 7) is 1.50. The lowest BCUT2D eigenvalue weighted by atomic mass is 10.1. The van der Waals surface area contributed by atoms with Gasteiger partial charge in [0, 0.05) is 17.1 Å². The highest BCUT2D eigenvalue weighted by Gasteiger charge is 2.07. The van der Waals surface area contributed by atoms with Crippen molar-refractivity contribution < 1.29 is 14.7 Å². The number of hydrogen-bond donors (Lipinski definition) is 1. The third kappa shape index (κ3) is 4.75. The molecular formula is C12H11BrO3S. The van der Waals surface area contributed by atoms with Gasteiger partial charge in [-0.15, -0.1) is 0 Å². The Bertz CT molecular complexity index is 469. The van der Waals surface area contributed by atoms with E-state index < -0.39 is 5.97 Å². The Balaban J connectivity index is 2.83. The molecule has 1 N–H and O–H groups in total. The number of benzene rings is 1.